The fourth-order valence-corrected chi connectivity index (χ4v) is 3.57. The highest BCUT2D eigenvalue weighted by atomic mass is 35.5. The second-order valence-electron chi connectivity index (χ2n) is 5.70. The van der Waals surface area contributed by atoms with Crippen LogP contribution < -0.4 is 9.46 Å². The summed E-state index contributed by atoms with van der Waals surface area (Å²) in [5, 5.41) is 0.603. The smallest absolute Gasteiger partial charge is 0.253 e. The van der Waals surface area contributed by atoms with Crippen molar-refractivity contribution in [3.8, 4) is 5.75 Å². The van der Waals surface area contributed by atoms with Gasteiger partial charge < -0.3 is 9.64 Å². The Morgan fingerprint density at radius 3 is 2.19 bits per heavy atom. The fourth-order valence-electron chi connectivity index (χ4n) is 2.43. The van der Waals surface area contributed by atoms with Crippen LogP contribution in [0.2, 0.25) is 5.02 Å². The first-order chi connectivity index (χ1) is 12.9. The first kappa shape index (κ1) is 21.2. The number of nitrogens with zero attached hydrogens (tertiary/aromatic N) is 1. The van der Waals surface area contributed by atoms with E-state index in [9.17, 15) is 13.2 Å². The van der Waals surface area contributed by atoms with Gasteiger partial charge in [-0.1, -0.05) is 11.6 Å². The van der Waals surface area contributed by atoms with Crippen molar-refractivity contribution < 1.29 is 17.9 Å². The van der Waals surface area contributed by atoms with E-state index in [1.165, 1.54) is 24.3 Å². The number of benzene rings is 2. The van der Waals surface area contributed by atoms with Crippen LogP contribution in [0.4, 0.5) is 0 Å². The van der Waals surface area contributed by atoms with E-state index in [4.69, 9.17) is 16.3 Å². The molecule has 1 amide bonds. The van der Waals surface area contributed by atoms with Gasteiger partial charge in [-0.2, -0.15) is 0 Å². The van der Waals surface area contributed by atoms with E-state index in [1.807, 2.05) is 13.8 Å². The molecular weight excluding hydrogens is 388 g/mol. The summed E-state index contributed by atoms with van der Waals surface area (Å²) in [5.74, 6) is 0.492. The fraction of sp³-hybridized carbons (Fsp3) is 0.316. The van der Waals surface area contributed by atoms with Gasteiger partial charge in [0.2, 0.25) is 10.0 Å². The Labute approximate surface area is 165 Å². The van der Waals surface area contributed by atoms with Crippen molar-refractivity contribution in [3.05, 3.63) is 59.1 Å². The molecule has 0 aliphatic rings. The van der Waals surface area contributed by atoms with Crippen LogP contribution in [0.25, 0.3) is 0 Å². The molecule has 6 nitrogen and oxygen atoms in total. The molecule has 0 bridgehead atoms. The molecule has 1 N–H and O–H groups in total. The van der Waals surface area contributed by atoms with E-state index in [0.29, 0.717) is 29.4 Å². The summed E-state index contributed by atoms with van der Waals surface area (Å²) in [6, 6.07) is 12.7. The molecule has 0 saturated heterocycles. The third-order valence-corrected chi connectivity index (χ3v) is 5.67. The molecule has 2 aromatic carbocycles. The zero-order valence-corrected chi connectivity index (χ0v) is 16.9. The minimum atomic E-state index is -3.67. The molecule has 0 radical (unpaired) electrons. The molecule has 27 heavy (non-hydrogen) atoms. The zero-order valence-electron chi connectivity index (χ0n) is 15.3. The number of ether oxygens (including phenoxy) is 1. The van der Waals surface area contributed by atoms with Gasteiger partial charge in [-0.3, -0.25) is 4.79 Å². The Morgan fingerprint density at radius 1 is 1.04 bits per heavy atom. The van der Waals surface area contributed by atoms with Crippen molar-refractivity contribution in [3.63, 3.8) is 0 Å². The molecule has 146 valence electrons. The largest absolute Gasteiger partial charge is 0.492 e. The number of carbonyl (C=O) groups excluding carboxylic acids is 1. The maximum Gasteiger partial charge on any atom is 0.253 e. The number of halogens is 1. The number of hydrogen-bond donors (Lipinski definition) is 1. The summed E-state index contributed by atoms with van der Waals surface area (Å²) in [6.07, 6.45) is 0. The summed E-state index contributed by atoms with van der Waals surface area (Å²) in [7, 11) is -3.67. The molecule has 2 aromatic rings. The molecule has 0 saturated carbocycles. The molecule has 0 aliphatic carbocycles. The maximum absolute atomic E-state index is 12.3. The predicted octanol–water partition coefficient (Wildman–Crippen LogP) is 3.18. The van der Waals surface area contributed by atoms with Crippen molar-refractivity contribution >= 4 is 27.5 Å². The molecule has 0 fully saturated rings. The maximum atomic E-state index is 12.3. The van der Waals surface area contributed by atoms with Crippen LogP contribution >= 0.6 is 11.6 Å². The molecule has 0 spiro atoms. The number of hydrogen-bond acceptors (Lipinski definition) is 4. The molecule has 0 aromatic heterocycles. The van der Waals surface area contributed by atoms with E-state index in [1.54, 1.807) is 29.2 Å². The molecule has 0 aliphatic heterocycles. The van der Waals surface area contributed by atoms with Crippen molar-refractivity contribution in [1.29, 1.82) is 0 Å². The van der Waals surface area contributed by atoms with Gasteiger partial charge in [0.05, 0.1) is 4.90 Å². The third kappa shape index (κ3) is 5.95. The van der Waals surface area contributed by atoms with E-state index in [2.05, 4.69) is 4.72 Å². The standard InChI is InChI=1S/C19H23ClN2O4S/c1-3-22(4-2)19(23)15-5-11-18(12-6-15)27(24,25)21-13-14-26-17-9-7-16(20)8-10-17/h5-12,21H,3-4,13-14H2,1-2H3. The summed E-state index contributed by atoms with van der Waals surface area (Å²) < 4.78 is 32.6. The SMILES string of the molecule is CCN(CC)C(=O)c1ccc(S(=O)(=O)NCCOc2ccc(Cl)cc2)cc1. The Hall–Kier alpha value is -2.09. The lowest BCUT2D eigenvalue weighted by Gasteiger charge is -2.18. The monoisotopic (exact) mass is 410 g/mol. The number of rotatable bonds is 9. The number of sulfonamides is 1. The first-order valence-corrected chi connectivity index (χ1v) is 10.5. The average molecular weight is 411 g/mol. The second kappa shape index (κ2) is 9.73. The van der Waals surface area contributed by atoms with Gasteiger partial charge in [0.25, 0.3) is 5.91 Å². The molecule has 0 heterocycles. The van der Waals surface area contributed by atoms with Crippen LogP contribution in [0.3, 0.4) is 0 Å². The predicted molar refractivity (Wildman–Crippen MR) is 106 cm³/mol. The Balaban J connectivity index is 1.92. The molecule has 8 heteroatoms. The summed E-state index contributed by atoms with van der Waals surface area (Å²) in [5.41, 5.74) is 0.462. The Kier molecular flexibility index (Phi) is 7.65. The van der Waals surface area contributed by atoms with Crippen LogP contribution in [-0.4, -0.2) is 45.5 Å². The average Bonchev–Trinajstić information content (AvgIpc) is 2.67. The van der Waals surface area contributed by atoms with E-state index < -0.39 is 10.0 Å². The Bertz CT molecular complexity index is 848. The van der Waals surface area contributed by atoms with Crippen LogP contribution in [0.15, 0.2) is 53.4 Å². The van der Waals surface area contributed by atoms with Gasteiger partial charge in [0.15, 0.2) is 0 Å². The van der Waals surface area contributed by atoms with Gasteiger partial charge in [0, 0.05) is 30.2 Å². The summed E-state index contributed by atoms with van der Waals surface area (Å²) >= 11 is 5.79. The highest BCUT2D eigenvalue weighted by Gasteiger charge is 2.16. The van der Waals surface area contributed by atoms with Crippen molar-refractivity contribution in [2.45, 2.75) is 18.7 Å². The van der Waals surface area contributed by atoms with Crippen LogP contribution in [0.1, 0.15) is 24.2 Å². The van der Waals surface area contributed by atoms with Gasteiger partial charge in [-0.05, 0) is 62.4 Å². The van der Waals surface area contributed by atoms with Gasteiger partial charge in [-0.15, -0.1) is 0 Å². The van der Waals surface area contributed by atoms with Crippen LogP contribution in [0, 0.1) is 0 Å². The topological polar surface area (TPSA) is 75.7 Å². The summed E-state index contributed by atoms with van der Waals surface area (Å²) in [6.45, 7) is 5.30. The minimum absolute atomic E-state index is 0.102. The van der Waals surface area contributed by atoms with Gasteiger partial charge >= 0.3 is 0 Å². The molecular formula is C19H23ClN2O4S. The van der Waals surface area contributed by atoms with Crippen LogP contribution in [0.5, 0.6) is 5.75 Å². The van der Waals surface area contributed by atoms with E-state index >= 15 is 0 Å². The van der Waals surface area contributed by atoms with E-state index in [0.717, 1.165) is 0 Å². The summed E-state index contributed by atoms with van der Waals surface area (Å²) in [4.78, 5) is 14.0. The Morgan fingerprint density at radius 2 is 1.63 bits per heavy atom. The van der Waals surface area contributed by atoms with Crippen LogP contribution in [-0.2, 0) is 10.0 Å². The lowest BCUT2D eigenvalue weighted by atomic mass is 10.2. The highest BCUT2D eigenvalue weighted by Crippen LogP contribution is 2.15. The highest BCUT2D eigenvalue weighted by molar-refractivity contribution is 7.89. The minimum Gasteiger partial charge on any atom is -0.492 e. The third-order valence-electron chi connectivity index (χ3n) is 3.94. The molecule has 0 atom stereocenters. The number of nitrogens with one attached hydrogen (secondary N) is 1. The van der Waals surface area contributed by atoms with Gasteiger partial charge in [-0.25, -0.2) is 13.1 Å². The van der Waals surface area contributed by atoms with Crippen molar-refractivity contribution in [1.82, 2.24) is 9.62 Å². The van der Waals surface area contributed by atoms with Crippen molar-refractivity contribution in [2.75, 3.05) is 26.2 Å². The lowest BCUT2D eigenvalue weighted by Crippen LogP contribution is -2.30. The normalized spacial score (nSPS) is 11.2. The zero-order chi connectivity index (χ0) is 19.9. The molecule has 0 unspecified atom stereocenters. The van der Waals surface area contributed by atoms with Crippen molar-refractivity contribution in [2.24, 2.45) is 0 Å². The first-order valence-electron chi connectivity index (χ1n) is 8.64. The number of carbonyl (C=O) groups is 1. The molecule has 2 rings (SSSR count). The van der Waals surface area contributed by atoms with Gasteiger partial charge in [0.1, 0.15) is 12.4 Å². The lowest BCUT2D eigenvalue weighted by molar-refractivity contribution is 0.0773. The van der Waals surface area contributed by atoms with E-state index in [-0.39, 0.29) is 24.0 Å². The number of amides is 1. The second-order valence-corrected chi connectivity index (χ2v) is 7.91. The quantitative estimate of drug-likeness (QED) is 0.644.